The number of aromatic nitrogens is 2. The van der Waals surface area contributed by atoms with Crippen LogP contribution < -0.4 is 16.6 Å². The van der Waals surface area contributed by atoms with Crippen molar-refractivity contribution in [3.63, 3.8) is 0 Å². The number of pyridine rings is 2. The Morgan fingerprint density at radius 2 is 2.15 bits per heavy atom. The van der Waals surface area contributed by atoms with Crippen molar-refractivity contribution in [2.45, 2.75) is 19.9 Å². The van der Waals surface area contributed by atoms with Crippen LogP contribution in [0.25, 0.3) is 0 Å². The first-order valence-corrected chi connectivity index (χ1v) is 6.38. The molecule has 0 bridgehead atoms. The molecule has 2 heterocycles. The molecule has 6 heteroatoms. The molecule has 0 saturated carbocycles. The van der Waals surface area contributed by atoms with Crippen LogP contribution in [0.15, 0.2) is 36.7 Å². The highest BCUT2D eigenvalue weighted by Gasteiger charge is 2.08. The van der Waals surface area contributed by atoms with Crippen LogP contribution in [0, 0.1) is 0 Å². The van der Waals surface area contributed by atoms with Gasteiger partial charge < -0.3 is 10.7 Å². The summed E-state index contributed by atoms with van der Waals surface area (Å²) in [6, 6.07) is 7.21. The van der Waals surface area contributed by atoms with E-state index in [9.17, 15) is 4.79 Å². The van der Waals surface area contributed by atoms with Gasteiger partial charge in [0.2, 0.25) is 0 Å². The zero-order valence-electron chi connectivity index (χ0n) is 11.3. The second-order valence-corrected chi connectivity index (χ2v) is 4.22. The summed E-state index contributed by atoms with van der Waals surface area (Å²) >= 11 is 0. The Morgan fingerprint density at radius 1 is 1.30 bits per heavy atom. The maximum absolute atomic E-state index is 12.0. The molecule has 104 valence electrons. The number of aryl methyl sites for hydroxylation is 1. The molecule has 2 aromatic rings. The lowest BCUT2D eigenvalue weighted by Gasteiger charge is -2.08. The topological polar surface area (TPSA) is 92.9 Å². The molecule has 0 aromatic carbocycles. The van der Waals surface area contributed by atoms with Crippen molar-refractivity contribution in [1.29, 1.82) is 0 Å². The molecule has 0 aliphatic carbocycles. The van der Waals surface area contributed by atoms with Gasteiger partial charge in [0.1, 0.15) is 5.69 Å². The lowest BCUT2D eigenvalue weighted by molar-refractivity contribution is 0.0945. The van der Waals surface area contributed by atoms with Gasteiger partial charge in [0, 0.05) is 6.20 Å². The predicted octanol–water partition coefficient (Wildman–Crippen LogP) is 1.25. The molecule has 6 nitrogen and oxygen atoms in total. The zero-order valence-corrected chi connectivity index (χ0v) is 11.3. The third-order valence-electron chi connectivity index (χ3n) is 2.94. The van der Waals surface area contributed by atoms with Crippen molar-refractivity contribution in [2.75, 3.05) is 5.43 Å². The summed E-state index contributed by atoms with van der Waals surface area (Å²) in [6.07, 6.45) is 4.11. The number of anilines is 1. The van der Waals surface area contributed by atoms with Crippen molar-refractivity contribution in [3.8, 4) is 0 Å². The van der Waals surface area contributed by atoms with Crippen LogP contribution in [0.4, 0.5) is 5.69 Å². The highest BCUT2D eigenvalue weighted by molar-refractivity contribution is 5.92. The van der Waals surface area contributed by atoms with E-state index in [0.29, 0.717) is 17.9 Å². The SMILES string of the molecule is CCc1cccnc1CNC(=O)c1ccc(NN)cn1. The quantitative estimate of drug-likeness (QED) is 0.562. The third-order valence-corrected chi connectivity index (χ3v) is 2.94. The number of carbonyl (C=O) groups is 1. The number of rotatable bonds is 5. The molecule has 0 spiro atoms. The van der Waals surface area contributed by atoms with Crippen LogP contribution in [-0.2, 0) is 13.0 Å². The first kappa shape index (κ1) is 14.0. The standard InChI is InChI=1S/C14H17N5O/c1-2-10-4-3-7-16-13(10)9-18-14(20)12-6-5-11(19-15)8-17-12/h3-8,19H,2,9,15H2,1H3,(H,18,20). The number of nitrogens with one attached hydrogen (secondary N) is 2. The summed E-state index contributed by atoms with van der Waals surface area (Å²) < 4.78 is 0. The highest BCUT2D eigenvalue weighted by Crippen LogP contribution is 2.07. The minimum absolute atomic E-state index is 0.235. The number of nitrogens with zero attached hydrogens (tertiary/aromatic N) is 2. The second kappa shape index (κ2) is 6.63. The first-order valence-electron chi connectivity index (χ1n) is 6.38. The van der Waals surface area contributed by atoms with Gasteiger partial charge in [-0.1, -0.05) is 13.0 Å². The normalized spacial score (nSPS) is 10.1. The van der Waals surface area contributed by atoms with Gasteiger partial charge in [0.15, 0.2) is 0 Å². The molecule has 20 heavy (non-hydrogen) atoms. The van der Waals surface area contributed by atoms with Crippen LogP contribution in [0.5, 0.6) is 0 Å². The molecular formula is C14H17N5O. The van der Waals surface area contributed by atoms with Crippen molar-refractivity contribution in [1.82, 2.24) is 15.3 Å². The molecule has 0 radical (unpaired) electrons. The number of hydrogen-bond acceptors (Lipinski definition) is 5. The fraction of sp³-hybridized carbons (Fsp3) is 0.214. The Morgan fingerprint density at radius 3 is 2.80 bits per heavy atom. The molecule has 4 N–H and O–H groups in total. The largest absolute Gasteiger partial charge is 0.345 e. The van der Waals surface area contributed by atoms with Gasteiger partial charge in [-0.05, 0) is 30.2 Å². The summed E-state index contributed by atoms with van der Waals surface area (Å²) in [5.41, 5.74) is 5.47. The third kappa shape index (κ3) is 3.30. The number of nitrogen functional groups attached to an aromatic ring is 1. The average molecular weight is 271 g/mol. The van der Waals surface area contributed by atoms with E-state index in [1.807, 2.05) is 12.1 Å². The van der Waals surface area contributed by atoms with E-state index in [1.165, 1.54) is 6.20 Å². The van der Waals surface area contributed by atoms with Gasteiger partial charge in [-0.15, -0.1) is 0 Å². The number of hydrazine groups is 1. The van der Waals surface area contributed by atoms with Crippen molar-refractivity contribution >= 4 is 11.6 Å². The van der Waals surface area contributed by atoms with Crippen LogP contribution in [0.3, 0.4) is 0 Å². The number of amides is 1. The van der Waals surface area contributed by atoms with Crippen molar-refractivity contribution in [3.05, 3.63) is 53.6 Å². The second-order valence-electron chi connectivity index (χ2n) is 4.22. The Kier molecular flexibility index (Phi) is 4.62. The molecule has 2 aromatic heterocycles. The molecule has 0 saturated heterocycles. The number of nitrogens with two attached hydrogens (primary N) is 1. The summed E-state index contributed by atoms with van der Waals surface area (Å²) in [7, 11) is 0. The molecule has 1 amide bonds. The van der Waals surface area contributed by atoms with Gasteiger partial charge in [-0.25, -0.2) is 4.98 Å². The van der Waals surface area contributed by atoms with Gasteiger partial charge in [-0.2, -0.15) is 0 Å². The van der Waals surface area contributed by atoms with Crippen LogP contribution in [0.1, 0.15) is 28.7 Å². The molecule has 0 aliphatic heterocycles. The Bertz CT molecular complexity index is 582. The van der Waals surface area contributed by atoms with E-state index in [1.54, 1.807) is 18.3 Å². The Hall–Kier alpha value is -2.47. The van der Waals surface area contributed by atoms with Gasteiger partial charge in [0.25, 0.3) is 5.91 Å². The molecule has 0 fully saturated rings. The lowest BCUT2D eigenvalue weighted by Crippen LogP contribution is -2.25. The number of carbonyl (C=O) groups excluding carboxylic acids is 1. The predicted molar refractivity (Wildman–Crippen MR) is 76.8 cm³/mol. The molecular weight excluding hydrogens is 254 g/mol. The fourth-order valence-corrected chi connectivity index (χ4v) is 1.82. The summed E-state index contributed by atoms with van der Waals surface area (Å²) in [6.45, 7) is 2.45. The van der Waals surface area contributed by atoms with E-state index < -0.39 is 0 Å². The highest BCUT2D eigenvalue weighted by atomic mass is 16.1. The fourth-order valence-electron chi connectivity index (χ4n) is 1.82. The maximum Gasteiger partial charge on any atom is 0.270 e. The van der Waals surface area contributed by atoms with E-state index in [4.69, 9.17) is 5.84 Å². The van der Waals surface area contributed by atoms with Crippen LogP contribution in [0.2, 0.25) is 0 Å². The monoisotopic (exact) mass is 271 g/mol. The van der Waals surface area contributed by atoms with Crippen molar-refractivity contribution < 1.29 is 4.79 Å². The average Bonchev–Trinajstić information content (AvgIpc) is 2.53. The van der Waals surface area contributed by atoms with E-state index in [0.717, 1.165) is 17.7 Å². The van der Waals surface area contributed by atoms with Crippen LogP contribution in [-0.4, -0.2) is 15.9 Å². The van der Waals surface area contributed by atoms with E-state index >= 15 is 0 Å². The Balaban J connectivity index is 2.01. The molecule has 2 rings (SSSR count). The summed E-state index contributed by atoms with van der Waals surface area (Å²) in [5, 5.41) is 2.81. The Labute approximate surface area is 117 Å². The molecule has 0 aliphatic rings. The van der Waals surface area contributed by atoms with Gasteiger partial charge in [0.05, 0.1) is 24.1 Å². The van der Waals surface area contributed by atoms with Crippen molar-refractivity contribution in [2.24, 2.45) is 5.84 Å². The maximum atomic E-state index is 12.0. The van der Waals surface area contributed by atoms with E-state index in [-0.39, 0.29) is 5.91 Å². The van der Waals surface area contributed by atoms with Crippen LogP contribution >= 0.6 is 0 Å². The summed E-state index contributed by atoms with van der Waals surface area (Å²) in [4.78, 5) is 20.3. The van der Waals surface area contributed by atoms with E-state index in [2.05, 4.69) is 27.6 Å². The minimum atomic E-state index is -0.235. The smallest absolute Gasteiger partial charge is 0.270 e. The molecule has 0 unspecified atom stereocenters. The zero-order chi connectivity index (χ0) is 14.4. The lowest BCUT2D eigenvalue weighted by atomic mass is 10.1. The van der Waals surface area contributed by atoms with Gasteiger partial charge >= 0.3 is 0 Å². The minimum Gasteiger partial charge on any atom is -0.345 e. The van der Waals surface area contributed by atoms with Gasteiger partial charge in [-0.3, -0.25) is 15.6 Å². The first-order chi connectivity index (χ1) is 9.74. The summed E-state index contributed by atoms with van der Waals surface area (Å²) in [5.74, 6) is 5.01. The number of hydrogen-bond donors (Lipinski definition) is 3. The molecule has 0 atom stereocenters.